The predicted molar refractivity (Wildman–Crippen MR) is 85.3 cm³/mol. The molecule has 2 aromatic rings. The van der Waals surface area contributed by atoms with Gasteiger partial charge in [-0.3, -0.25) is 0 Å². The zero-order valence-electron chi connectivity index (χ0n) is 11.1. The highest BCUT2D eigenvalue weighted by molar-refractivity contribution is 8.02. The topological polar surface area (TPSA) is 18.5 Å². The van der Waals surface area contributed by atoms with Crippen molar-refractivity contribution in [2.75, 3.05) is 24.7 Å². The number of rotatable bonds is 0. The molecule has 0 spiro atoms. The minimum absolute atomic E-state index is 0.685. The largest absolute Gasteiger partial charge is 0.489 e. The molecule has 0 amide bonds. The summed E-state index contributed by atoms with van der Waals surface area (Å²) < 4.78 is 11.6. The molecule has 0 radical (unpaired) electrons. The van der Waals surface area contributed by atoms with Crippen LogP contribution in [0.3, 0.4) is 0 Å². The normalized spacial score (nSPS) is 15.6. The molecule has 0 atom stereocenters. The molecule has 0 saturated carbocycles. The first kappa shape index (κ1) is 13.7. The molecule has 4 heteroatoms. The molecule has 2 aromatic carbocycles. The molecular formula is C16H16O2S2. The van der Waals surface area contributed by atoms with Gasteiger partial charge in [0, 0.05) is 21.3 Å². The van der Waals surface area contributed by atoms with Gasteiger partial charge in [-0.25, -0.2) is 0 Å². The molecule has 1 heterocycles. The van der Waals surface area contributed by atoms with Crippen LogP contribution in [0, 0.1) is 0 Å². The fourth-order valence-electron chi connectivity index (χ4n) is 1.98. The van der Waals surface area contributed by atoms with Crippen LogP contribution in [0.5, 0.6) is 11.5 Å². The summed E-state index contributed by atoms with van der Waals surface area (Å²) in [5.41, 5.74) is 0. The molecule has 0 saturated heterocycles. The zero-order valence-corrected chi connectivity index (χ0v) is 12.7. The fourth-order valence-corrected chi connectivity index (χ4v) is 3.88. The van der Waals surface area contributed by atoms with E-state index in [2.05, 4.69) is 24.3 Å². The lowest BCUT2D eigenvalue weighted by Crippen LogP contribution is -2.06. The molecular weight excluding hydrogens is 288 g/mol. The van der Waals surface area contributed by atoms with Gasteiger partial charge in [0.25, 0.3) is 0 Å². The van der Waals surface area contributed by atoms with Gasteiger partial charge in [-0.05, 0) is 24.3 Å². The molecule has 1 aliphatic heterocycles. The maximum absolute atomic E-state index is 5.82. The first-order valence-corrected chi connectivity index (χ1v) is 8.60. The number of thioether (sulfide) groups is 2. The molecule has 3 rings (SSSR count). The monoisotopic (exact) mass is 304 g/mol. The molecule has 104 valence electrons. The fraction of sp³-hybridized carbons (Fsp3) is 0.250. The maximum Gasteiger partial charge on any atom is 0.161 e. The van der Waals surface area contributed by atoms with E-state index in [1.165, 1.54) is 9.79 Å². The number of benzene rings is 2. The van der Waals surface area contributed by atoms with E-state index in [0.717, 1.165) is 23.0 Å². The quantitative estimate of drug-likeness (QED) is 0.720. The van der Waals surface area contributed by atoms with E-state index in [4.69, 9.17) is 9.47 Å². The highest BCUT2D eigenvalue weighted by Gasteiger charge is 2.08. The number of fused-ring (bicyclic) bond motifs is 2. The van der Waals surface area contributed by atoms with Crippen molar-refractivity contribution in [1.82, 2.24) is 0 Å². The summed E-state index contributed by atoms with van der Waals surface area (Å²) in [7, 11) is 0. The van der Waals surface area contributed by atoms with Crippen molar-refractivity contribution < 1.29 is 9.47 Å². The van der Waals surface area contributed by atoms with Gasteiger partial charge in [0.1, 0.15) is 0 Å². The summed E-state index contributed by atoms with van der Waals surface area (Å²) in [5, 5.41) is 0. The average Bonchev–Trinajstić information content (AvgIpc) is 2.49. The summed E-state index contributed by atoms with van der Waals surface area (Å²) in [5.74, 6) is 3.55. The summed E-state index contributed by atoms with van der Waals surface area (Å²) >= 11 is 3.70. The van der Waals surface area contributed by atoms with Gasteiger partial charge in [-0.2, -0.15) is 0 Å². The van der Waals surface area contributed by atoms with Crippen LogP contribution in [0.4, 0.5) is 0 Å². The molecule has 0 aromatic heterocycles. The number of para-hydroxylation sites is 2. The molecule has 0 bridgehead atoms. The van der Waals surface area contributed by atoms with Crippen molar-refractivity contribution in [2.45, 2.75) is 9.79 Å². The first-order valence-electron chi connectivity index (χ1n) is 6.63. The Morgan fingerprint density at radius 3 is 1.60 bits per heavy atom. The van der Waals surface area contributed by atoms with Gasteiger partial charge >= 0.3 is 0 Å². The molecule has 1 aliphatic rings. The van der Waals surface area contributed by atoms with E-state index < -0.39 is 0 Å². The van der Waals surface area contributed by atoms with Crippen LogP contribution in [0.2, 0.25) is 0 Å². The average molecular weight is 304 g/mol. The summed E-state index contributed by atoms with van der Waals surface area (Å²) in [6, 6.07) is 16.4. The minimum atomic E-state index is 0.685. The summed E-state index contributed by atoms with van der Waals surface area (Å²) in [6.45, 7) is 1.37. The maximum atomic E-state index is 5.82. The lowest BCUT2D eigenvalue weighted by Gasteiger charge is -2.15. The second-order valence-corrected chi connectivity index (χ2v) is 6.56. The predicted octanol–water partition coefficient (Wildman–Crippen LogP) is 4.34. The van der Waals surface area contributed by atoms with Crippen LogP contribution in [-0.4, -0.2) is 24.7 Å². The van der Waals surface area contributed by atoms with Crippen LogP contribution in [-0.2, 0) is 0 Å². The van der Waals surface area contributed by atoms with Gasteiger partial charge in [0.2, 0.25) is 0 Å². The van der Waals surface area contributed by atoms with Crippen molar-refractivity contribution in [3.63, 3.8) is 0 Å². The van der Waals surface area contributed by atoms with Gasteiger partial charge in [-0.1, -0.05) is 24.3 Å². The number of ether oxygens (including phenoxy) is 2. The Kier molecular flexibility index (Phi) is 4.77. The number of hydrogen-bond donors (Lipinski definition) is 0. The lowest BCUT2D eigenvalue weighted by molar-refractivity contribution is 0.291. The molecule has 0 unspecified atom stereocenters. The SMILES string of the molecule is c1ccc2c(c1)OCCSc1ccccc1SCCO2. The zero-order chi connectivity index (χ0) is 13.6. The van der Waals surface area contributed by atoms with Gasteiger partial charge in [0.05, 0.1) is 13.2 Å². The molecule has 0 aliphatic carbocycles. The van der Waals surface area contributed by atoms with Gasteiger partial charge in [-0.15, -0.1) is 23.5 Å². The van der Waals surface area contributed by atoms with Crippen molar-refractivity contribution in [3.05, 3.63) is 48.5 Å². The van der Waals surface area contributed by atoms with Crippen LogP contribution in [0.1, 0.15) is 0 Å². The van der Waals surface area contributed by atoms with Crippen molar-refractivity contribution in [1.29, 1.82) is 0 Å². The Morgan fingerprint density at radius 1 is 0.650 bits per heavy atom. The second-order valence-electron chi connectivity index (χ2n) is 4.29. The second kappa shape index (κ2) is 6.95. The number of hydrogen-bond acceptors (Lipinski definition) is 4. The first-order chi connectivity index (χ1) is 9.93. The van der Waals surface area contributed by atoms with Gasteiger partial charge < -0.3 is 9.47 Å². The summed E-state index contributed by atoms with van der Waals surface area (Å²) in [4.78, 5) is 2.66. The Hall–Kier alpha value is -1.26. The smallest absolute Gasteiger partial charge is 0.161 e. The highest BCUT2D eigenvalue weighted by Crippen LogP contribution is 2.32. The summed E-state index contributed by atoms with van der Waals surface area (Å²) in [6.07, 6.45) is 0. The Morgan fingerprint density at radius 2 is 1.10 bits per heavy atom. The third kappa shape index (κ3) is 3.44. The standard InChI is InChI=1S/C16H16O2S2/c1-2-6-14-13(5-1)17-9-11-19-15-7-3-4-8-16(15)20-12-10-18-14/h1-8H,9-12H2. The Balaban J connectivity index is 1.75. The van der Waals surface area contributed by atoms with Crippen molar-refractivity contribution in [3.8, 4) is 11.5 Å². The Bertz CT molecular complexity index is 470. The minimum Gasteiger partial charge on any atom is -0.489 e. The highest BCUT2D eigenvalue weighted by atomic mass is 32.2. The van der Waals surface area contributed by atoms with E-state index in [1.54, 1.807) is 0 Å². The van der Waals surface area contributed by atoms with Gasteiger partial charge in [0.15, 0.2) is 11.5 Å². The van der Waals surface area contributed by atoms with E-state index in [9.17, 15) is 0 Å². The third-order valence-electron chi connectivity index (χ3n) is 2.90. The molecule has 0 N–H and O–H groups in total. The van der Waals surface area contributed by atoms with E-state index in [1.807, 2.05) is 47.8 Å². The van der Waals surface area contributed by atoms with Crippen LogP contribution in [0.25, 0.3) is 0 Å². The third-order valence-corrected chi connectivity index (χ3v) is 5.10. The van der Waals surface area contributed by atoms with E-state index in [0.29, 0.717) is 13.2 Å². The van der Waals surface area contributed by atoms with E-state index in [-0.39, 0.29) is 0 Å². The van der Waals surface area contributed by atoms with Crippen molar-refractivity contribution >= 4 is 23.5 Å². The van der Waals surface area contributed by atoms with Crippen LogP contribution >= 0.6 is 23.5 Å². The Labute approximate surface area is 127 Å². The van der Waals surface area contributed by atoms with Crippen molar-refractivity contribution in [2.24, 2.45) is 0 Å². The molecule has 0 fully saturated rings. The van der Waals surface area contributed by atoms with Crippen LogP contribution < -0.4 is 9.47 Å². The van der Waals surface area contributed by atoms with E-state index >= 15 is 0 Å². The lowest BCUT2D eigenvalue weighted by atomic mass is 10.3. The molecule has 20 heavy (non-hydrogen) atoms. The van der Waals surface area contributed by atoms with Crippen LogP contribution in [0.15, 0.2) is 58.3 Å². The molecule has 2 nitrogen and oxygen atoms in total.